The van der Waals surface area contributed by atoms with E-state index in [-0.39, 0.29) is 47.8 Å². The van der Waals surface area contributed by atoms with E-state index in [1.165, 1.54) is 12.3 Å². The summed E-state index contributed by atoms with van der Waals surface area (Å²) < 4.78 is 46.8. The smallest absolute Gasteiger partial charge is 0.343 e. The number of halogens is 4. The molecule has 1 aromatic heterocycles. The van der Waals surface area contributed by atoms with Crippen LogP contribution in [0.4, 0.5) is 14.5 Å². The van der Waals surface area contributed by atoms with Crippen molar-refractivity contribution in [2.45, 2.75) is 69.4 Å². The van der Waals surface area contributed by atoms with Crippen molar-refractivity contribution < 1.29 is 32.4 Å². The maximum atomic E-state index is 15.7. The van der Waals surface area contributed by atoms with Crippen molar-refractivity contribution in [1.29, 1.82) is 0 Å². The molecule has 41 heavy (non-hydrogen) atoms. The van der Waals surface area contributed by atoms with Crippen LogP contribution >= 0.6 is 23.2 Å². The van der Waals surface area contributed by atoms with Crippen LogP contribution in [0.1, 0.15) is 78.5 Å². The number of carbonyl (C=O) groups is 2. The average Bonchev–Trinajstić information content (AvgIpc) is 3.23. The van der Waals surface area contributed by atoms with Crippen LogP contribution in [0.25, 0.3) is 0 Å². The third-order valence-corrected chi connectivity index (χ3v) is 8.67. The summed E-state index contributed by atoms with van der Waals surface area (Å²) >= 11 is 13.4. The molecule has 0 N–H and O–H groups in total. The molecule has 2 heterocycles. The standard InChI is InChI=1S/C30H28Cl2F2N2O5/c1-28(2,3)40-26(37)16-7-8-22(21(33)11-16)36-15-17-12-30(36,24-19(31)5-4-6-20(24)32)13-23(17)39-27(38)18-14-35-41-25(18)29(34)9-10-29/h4-8,11,14,17,23H,9-10,12-13,15H2,1-3H3/t17-,23+,30-/m0/s1. The zero-order chi connectivity index (χ0) is 29.3. The van der Waals surface area contributed by atoms with Gasteiger partial charge in [-0.25, -0.2) is 18.4 Å². The Morgan fingerprint density at radius 1 is 1.10 bits per heavy atom. The van der Waals surface area contributed by atoms with Crippen molar-refractivity contribution in [3.8, 4) is 0 Å². The molecule has 3 aromatic rings. The number of esters is 2. The van der Waals surface area contributed by atoms with Crippen molar-refractivity contribution in [2.24, 2.45) is 5.92 Å². The molecule has 11 heteroatoms. The molecule has 2 aliphatic carbocycles. The maximum absolute atomic E-state index is 15.7. The predicted octanol–water partition coefficient (Wildman–Crippen LogP) is 7.39. The van der Waals surface area contributed by atoms with Gasteiger partial charge in [0.2, 0.25) is 0 Å². The number of rotatable bonds is 6. The Labute approximate surface area is 245 Å². The van der Waals surface area contributed by atoms with Crippen LogP contribution in [0.3, 0.4) is 0 Å². The Bertz CT molecular complexity index is 1530. The molecule has 3 aliphatic rings. The molecule has 0 unspecified atom stereocenters. The molecule has 6 rings (SSSR count). The van der Waals surface area contributed by atoms with Crippen LogP contribution in [-0.2, 0) is 20.7 Å². The minimum atomic E-state index is -1.69. The summed E-state index contributed by atoms with van der Waals surface area (Å²) in [5.74, 6) is -2.27. The average molecular weight is 605 g/mol. The number of carbonyl (C=O) groups excluding carboxylic acids is 2. The summed E-state index contributed by atoms with van der Waals surface area (Å²) in [5, 5.41) is 4.42. The van der Waals surface area contributed by atoms with Crippen molar-refractivity contribution in [2.75, 3.05) is 11.4 Å². The molecular weight excluding hydrogens is 577 g/mol. The highest BCUT2D eigenvalue weighted by Crippen LogP contribution is 2.58. The normalized spacial score (nSPS) is 24.4. The summed E-state index contributed by atoms with van der Waals surface area (Å²) in [4.78, 5) is 27.6. The largest absolute Gasteiger partial charge is 0.458 e. The van der Waals surface area contributed by atoms with Crippen LogP contribution in [-0.4, -0.2) is 35.3 Å². The van der Waals surface area contributed by atoms with Crippen molar-refractivity contribution >= 4 is 40.8 Å². The molecule has 2 bridgehead atoms. The minimum Gasteiger partial charge on any atom is -0.458 e. The Balaban J connectivity index is 1.33. The number of aromatic nitrogens is 1. The van der Waals surface area contributed by atoms with E-state index in [2.05, 4.69) is 5.16 Å². The zero-order valence-electron chi connectivity index (χ0n) is 22.7. The lowest BCUT2D eigenvalue weighted by Gasteiger charge is -2.43. The molecule has 0 radical (unpaired) electrons. The highest BCUT2D eigenvalue weighted by atomic mass is 35.5. The lowest BCUT2D eigenvalue weighted by Crippen LogP contribution is -2.47. The molecule has 0 spiro atoms. The quantitative estimate of drug-likeness (QED) is 0.271. The maximum Gasteiger partial charge on any atom is 0.343 e. The van der Waals surface area contributed by atoms with Crippen molar-refractivity contribution in [3.63, 3.8) is 0 Å². The Kier molecular flexibility index (Phi) is 6.62. The molecule has 3 atom stereocenters. The fourth-order valence-electron chi connectivity index (χ4n) is 6.14. The lowest BCUT2D eigenvalue weighted by atomic mass is 9.86. The van der Waals surface area contributed by atoms with Gasteiger partial charge in [-0.15, -0.1) is 0 Å². The minimum absolute atomic E-state index is 0.0294. The fourth-order valence-corrected chi connectivity index (χ4v) is 6.89. The summed E-state index contributed by atoms with van der Waals surface area (Å²) in [6.07, 6.45) is 1.87. The van der Waals surface area contributed by atoms with Gasteiger partial charge in [0, 0.05) is 34.5 Å². The second-order valence-electron chi connectivity index (χ2n) is 12.1. The first-order valence-corrected chi connectivity index (χ1v) is 14.2. The zero-order valence-corrected chi connectivity index (χ0v) is 24.2. The highest BCUT2D eigenvalue weighted by Gasteiger charge is 2.60. The molecule has 7 nitrogen and oxygen atoms in total. The van der Waals surface area contributed by atoms with Crippen LogP contribution in [0.2, 0.25) is 10.0 Å². The van der Waals surface area contributed by atoms with E-state index >= 15 is 4.39 Å². The van der Waals surface area contributed by atoms with E-state index in [0.717, 1.165) is 6.07 Å². The summed E-state index contributed by atoms with van der Waals surface area (Å²) in [5.41, 5.74) is -2.40. The first kappa shape index (κ1) is 28.0. The molecule has 3 fully saturated rings. The molecule has 0 amide bonds. The number of hydrogen-bond donors (Lipinski definition) is 0. The molecule has 1 saturated heterocycles. The van der Waals surface area contributed by atoms with Gasteiger partial charge in [-0.3, -0.25) is 0 Å². The fraction of sp³-hybridized carbons (Fsp3) is 0.433. The van der Waals surface area contributed by atoms with Gasteiger partial charge in [-0.1, -0.05) is 34.4 Å². The van der Waals surface area contributed by atoms with Crippen LogP contribution in [0, 0.1) is 11.7 Å². The lowest BCUT2D eigenvalue weighted by molar-refractivity contribution is 0.00682. The second-order valence-corrected chi connectivity index (χ2v) is 12.9. The van der Waals surface area contributed by atoms with Gasteiger partial charge >= 0.3 is 11.9 Å². The number of ether oxygens (including phenoxy) is 2. The summed E-state index contributed by atoms with van der Waals surface area (Å²) in [6.45, 7) is 5.54. The molecule has 216 valence electrons. The Hall–Kier alpha value is -3.17. The first-order chi connectivity index (χ1) is 19.3. The monoisotopic (exact) mass is 604 g/mol. The van der Waals surface area contributed by atoms with Gasteiger partial charge in [-0.2, -0.15) is 0 Å². The van der Waals surface area contributed by atoms with E-state index in [4.69, 9.17) is 37.2 Å². The second kappa shape index (κ2) is 9.70. The number of piperidine rings is 1. The predicted molar refractivity (Wildman–Crippen MR) is 148 cm³/mol. The van der Waals surface area contributed by atoms with Crippen molar-refractivity contribution in [1.82, 2.24) is 5.16 Å². The molecule has 2 saturated carbocycles. The highest BCUT2D eigenvalue weighted by molar-refractivity contribution is 6.36. The number of fused-ring (bicyclic) bond motifs is 2. The van der Waals surface area contributed by atoms with Gasteiger partial charge in [0.15, 0.2) is 11.4 Å². The summed E-state index contributed by atoms with van der Waals surface area (Å²) in [6, 6.07) is 9.38. The van der Waals surface area contributed by atoms with E-state index in [9.17, 15) is 14.0 Å². The first-order valence-electron chi connectivity index (χ1n) is 13.4. The van der Waals surface area contributed by atoms with Gasteiger partial charge in [-0.05, 0) is 70.4 Å². The molecule has 2 aromatic carbocycles. The number of alkyl halides is 1. The van der Waals surface area contributed by atoms with Gasteiger partial charge in [0.25, 0.3) is 0 Å². The van der Waals surface area contributed by atoms with E-state index < -0.39 is 40.7 Å². The van der Waals surface area contributed by atoms with E-state index in [0.29, 0.717) is 28.6 Å². The van der Waals surface area contributed by atoms with Gasteiger partial charge in [0.1, 0.15) is 23.1 Å². The van der Waals surface area contributed by atoms with Crippen LogP contribution in [0.5, 0.6) is 0 Å². The number of anilines is 1. The van der Waals surface area contributed by atoms with E-state index in [1.807, 2.05) is 4.90 Å². The Morgan fingerprint density at radius 2 is 1.80 bits per heavy atom. The van der Waals surface area contributed by atoms with Gasteiger partial charge in [0.05, 0.1) is 23.0 Å². The number of benzene rings is 2. The topological polar surface area (TPSA) is 81.9 Å². The van der Waals surface area contributed by atoms with Crippen LogP contribution < -0.4 is 4.90 Å². The SMILES string of the molecule is CC(C)(C)OC(=O)c1ccc(N2C[C@@H]3C[C@@]2(c2c(Cl)cccc2Cl)C[C@H]3OC(=O)c2cnoc2C2(F)CC2)c(F)c1. The third-order valence-electron chi connectivity index (χ3n) is 8.04. The summed E-state index contributed by atoms with van der Waals surface area (Å²) in [7, 11) is 0. The molecular formula is C30H28Cl2F2N2O5. The van der Waals surface area contributed by atoms with Crippen LogP contribution in [0.15, 0.2) is 47.1 Å². The number of hydrogen-bond acceptors (Lipinski definition) is 7. The third kappa shape index (κ3) is 4.87. The van der Waals surface area contributed by atoms with E-state index in [1.54, 1.807) is 45.0 Å². The Morgan fingerprint density at radius 3 is 2.44 bits per heavy atom. The number of nitrogens with zero attached hydrogens (tertiary/aromatic N) is 2. The molecule has 1 aliphatic heterocycles. The van der Waals surface area contributed by atoms with Crippen molar-refractivity contribution in [3.05, 3.63) is 80.9 Å². The van der Waals surface area contributed by atoms with Gasteiger partial charge < -0.3 is 18.9 Å².